The van der Waals surface area contributed by atoms with Crippen molar-refractivity contribution in [2.45, 2.75) is 30.7 Å². The minimum absolute atomic E-state index is 0.0663. The summed E-state index contributed by atoms with van der Waals surface area (Å²) in [6.45, 7) is 2.46. The number of rotatable bonds is 5. The SMILES string of the molecule is CCOC(=O)c1cc(F)cc(S(=O)(=O)N2CCCC(NC)C2)c1. The van der Waals surface area contributed by atoms with Crippen LogP contribution in [0.4, 0.5) is 4.39 Å². The van der Waals surface area contributed by atoms with E-state index in [4.69, 9.17) is 4.74 Å². The van der Waals surface area contributed by atoms with Crippen LogP contribution in [0.2, 0.25) is 0 Å². The lowest BCUT2D eigenvalue weighted by Crippen LogP contribution is -2.46. The summed E-state index contributed by atoms with van der Waals surface area (Å²) in [6.07, 6.45) is 1.62. The van der Waals surface area contributed by atoms with Gasteiger partial charge in [-0.05, 0) is 45.0 Å². The van der Waals surface area contributed by atoms with Crippen LogP contribution in [-0.2, 0) is 14.8 Å². The molecule has 23 heavy (non-hydrogen) atoms. The van der Waals surface area contributed by atoms with Gasteiger partial charge in [0.15, 0.2) is 0 Å². The van der Waals surface area contributed by atoms with Gasteiger partial charge in [0, 0.05) is 19.1 Å². The van der Waals surface area contributed by atoms with Gasteiger partial charge < -0.3 is 10.1 Å². The molecule has 128 valence electrons. The Bertz CT molecular complexity index is 678. The number of nitrogens with zero attached hydrogens (tertiary/aromatic N) is 1. The van der Waals surface area contributed by atoms with Crippen molar-refractivity contribution in [3.8, 4) is 0 Å². The van der Waals surface area contributed by atoms with Gasteiger partial charge in [-0.15, -0.1) is 0 Å². The Labute approximate surface area is 135 Å². The third-order valence-electron chi connectivity index (χ3n) is 3.81. The molecule has 0 aliphatic carbocycles. The van der Waals surface area contributed by atoms with Crippen LogP contribution < -0.4 is 5.32 Å². The topological polar surface area (TPSA) is 75.7 Å². The summed E-state index contributed by atoms with van der Waals surface area (Å²) >= 11 is 0. The van der Waals surface area contributed by atoms with E-state index in [-0.39, 0.29) is 23.1 Å². The van der Waals surface area contributed by atoms with Gasteiger partial charge in [0.25, 0.3) is 0 Å². The van der Waals surface area contributed by atoms with Gasteiger partial charge in [-0.3, -0.25) is 0 Å². The molecule has 0 saturated carbocycles. The van der Waals surface area contributed by atoms with Crippen molar-refractivity contribution in [1.29, 1.82) is 0 Å². The fourth-order valence-corrected chi connectivity index (χ4v) is 4.17. The van der Waals surface area contributed by atoms with Crippen LogP contribution >= 0.6 is 0 Å². The van der Waals surface area contributed by atoms with Crippen LogP contribution in [0, 0.1) is 5.82 Å². The Morgan fingerprint density at radius 2 is 2.17 bits per heavy atom. The standard InChI is InChI=1S/C15H21FN2O4S/c1-3-22-15(19)11-7-12(16)9-14(8-11)23(20,21)18-6-4-5-13(10-18)17-2/h7-9,13,17H,3-6,10H2,1-2H3. The second-order valence-corrected chi connectivity index (χ2v) is 7.32. The highest BCUT2D eigenvalue weighted by atomic mass is 32.2. The third kappa shape index (κ3) is 4.07. The Hall–Kier alpha value is -1.51. The van der Waals surface area contributed by atoms with Crippen LogP contribution in [0.1, 0.15) is 30.1 Å². The molecule has 1 aliphatic rings. The third-order valence-corrected chi connectivity index (χ3v) is 5.66. The number of likely N-dealkylation sites (N-methyl/N-ethyl adjacent to an activating group) is 1. The number of benzene rings is 1. The van der Waals surface area contributed by atoms with E-state index in [1.54, 1.807) is 14.0 Å². The van der Waals surface area contributed by atoms with E-state index in [0.717, 1.165) is 25.0 Å². The Morgan fingerprint density at radius 3 is 2.83 bits per heavy atom. The molecule has 1 aliphatic heterocycles. The molecule has 1 fully saturated rings. The first-order chi connectivity index (χ1) is 10.9. The van der Waals surface area contributed by atoms with E-state index in [0.29, 0.717) is 13.1 Å². The highest BCUT2D eigenvalue weighted by Crippen LogP contribution is 2.23. The van der Waals surface area contributed by atoms with Crippen LogP contribution in [0.25, 0.3) is 0 Å². The van der Waals surface area contributed by atoms with Crippen LogP contribution in [0.3, 0.4) is 0 Å². The predicted octanol–water partition coefficient (Wildman–Crippen LogP) is 1.37. The zero-order valence-electron chi connectivity index (χ0n) is 13.2. The summed E-state index contributed by atoms with van der Waals surface area (Å²) < 4.78 is 45.3. The second kappa shape index (κ2) is 7.37. The van der Waals surface area contributed by atoms with Gasteiger partial charge in [0.2, 0.25) is 10.0 Å². The Morgan fingerprint density at radius 1 is 1.43 bits per heavy atom. The first-order valence-electron chi connectivity index (χ1n) is 7.53. The second-order valence-electron chi connectivity index (χ2n) is 5.39. The molecule has 0 radical (unpaired) electrons. The zero-order chi connectivity index (χ0) is 17.0. The molecule has 0 bridgehead atoms. The highest BCUT2D eigenvalue weighted by Gasteiger charge is 2.30. The number of esters is 1. The lowest BCUT2D eigenvalue weighted by molar-refractivity contribution is 0.0525. The number of hydrogen-bond donors (Lipinski definition) is 1. The molecule has 6 nitrogen and oxygen atoms in total. The fraction of sp³-hybridized carbons (Fsp3) is 0.533. The van der Waals surface area contributed by atoms with E-state index >= 15 is 0 Å². The van der Waals surface area contributed by atoms with Crippen molar-refractivity contribution in [1.82, 2.24) is 9.62 Å². The quantitative estimate of drug-likeness (QED) is 0.817. The summed E-state index contributed by atoms with van der Waals surface area (Å²) in [7, 11) is -2.07. The van der Waals surface area contributed by atoms with Gasteiger partial charge in [-0.1, -0.05) is 0 Å². The van der Waals surface area contributed by atoms with Crippen molar-refractivity contribution in [3.05, 3.63) is 29.6 Å². The van der Waals surface area contributed by atoms with Crippen LogP contribution in [-0.4, -0.2) is 51.5 Å². The molecule has 0 spiro atoms. The average Bonchev–Trinajstić information content (AvgIpc) is 2.54. The lowest BCUT2D eigenvalue weighted by atomic mass is 10.1. The summed E-state index contributed by atoms with van der Waals surface area (Å²) in [6, 6.07) is 3.14. The summed E-state index contributed by atoms with van der Waals surface area (Å²) in [4.78, 5) is 11.5. The number of carbonyl (C=O) groups excluding carboxylic acids is 1. The maximum atomic E-state index is 13.8. The molecule has 0 amide bonds. The van der Waals surface area contributed by atoms with E-state index in [9.17, 15) is 17.6 Å². The number of halogens is 1. The highest BCUT2D eigenvalue weighted by molar-refractivity contribution is 7.89. The molecule has 1 heterocycles. The van der Waals surface area contributed by atoms with Gasteiger partial charge in [-0.2, -0.15) is 4.31 Å². The minimum atomic E-state index is -3.85. The molecule has 1 aromatic rings. The molecular formula is C15H21FN2O4S. The number of hydrogen-bond acceptors (Lipinski definition) is 5. The molecule has 0 aromatic heterocycles. The smallest absolute Gasteiger partial charge is 0.338 e. The predicted molar refractivity (Wildman–Crippen MR) is 83.2 cm³/mol. The molecular weight excluding hydrogens is 323 g/mol. The van der Waals surface area contributed by atoms with Crippen molar-refractivity contribution in [2.24, 2.45) is 0 Å². The Balaban J connectivity index is 2.34. The number of nitrogens with one attached hydrogen (secondary N) is 1. The normalized spacial score (nSPS) is 19.5. The van der Waals surface area contributed by atoms with E-state index < -0.39 is 21.8 Å². The monoisotopic (exact) mass is 344 g/mol. The lowest BCUT2D eigenvalue weighted by Gasteiger charge is -2.31. The largest absolute Gasteiger partial charge is 0.462 e. The van der Waals surface area contributed by atoms with Crippen LogP contribution in [0.15, 0.2) is 23.1 Å². The van der Waals surface area contributed by atoms with Gasteiger partial charge in [0.05, 0.1) is 17.1 Å². The number of piperidine rings is 1. The minimum Gasteiger partial charge on any atom is -0.462 e. The van der Waals surface area contributed by atoms with Crippen molar-refractivity contribution < 1.29 is 22.3 Å². The summed E-state index contributed by atoms with van der Waals surface area (Å²) in [5.41, 5.74) is -0.104. The first kappa shape index (κ1) is 17.8. The molecule has 8 heteroatoms. The maximum Gasteiger partial charge on any atom is 0.338 e. The molecule has 2 rings (SSSR count). The van der Waals surface area contributed by atoms with E-state index in [1.165, 1.54) is 10.4 Å². The Kier molecular flexibility index (Phi) is 5.72. The van der Waals surface area contributed by atoms with E-state index in [2.05, 4.69) is 5.32 Å². The number of carbonyl (C=O) groups is 1. The zero-order valence-corrected chi connectivity index (χ0v) is 14.0. The summed E-state index contributed by atoms with van der Waals surface area (Å²) in [5.74, 6) is -1.52. The van der Waals surface area contributed by atoms with E-state index in [1.807, 2.05) is 0 Å². The molecule has 1 saturated heterocycles. The fourth-order valence-electron chi connectivity index (χ4n) is 2.59. The first-order valence-corrected chi connectivity index (χ1v) is 8.97. The van der Waals surface area contributed by atoms with Gasteiger partial charge >= 0.3 is 5.97 Å². The van der Waals surface area contributed by atoms with Crippen molar-refractivity contribution in [2.75, 3.05) is 26.7 Å². The molecule has 1 atom stereocenters. The summed E-state index contributed by atoms with van der Waals surface area (Å²) in [5, 5.41) is 3.06. The number of ether oxygens (including phenoxy) is 1. The maximum absolute atomic E-state index is 13.8. The van der Waals surface area contributed by atoms with Crippen LogP contribution in [0.5, 0.6) is 0 Å². The van der Waals surface area contributed by atoms with Crippen molar-refractivity contribution >= 4 is 16.0 Å². The van der Waals surface area contributed by atoms with Gasteiger partial charge in [0.1, 0.15) is 5.82 Å². The molecule has 1 N–H and O–H groups in total. The van der Waals surface area contributed by atoms with Crippen molar-refractivity contribution in [3.63, 3.8) is 0 Å². The average molecular weight is 344 g/mol. The molecule has 1 aromatic carbocycles. The molecule has 1 unspecified atom stereocenters. The number of sulfonamides is 1. The van der Waals surface area contributed by atoms with Gasteiger partial charge in [-0.25, -0.2) is 17.6 Å².